The number of ether oxygens (including phenoxy) is 1. The molecule has 3 heterocycles. The van der Waals surface area contributed by atoms with E-state index in [1.807, 2.05) is 13.0 Å². The van der Waals surface area contributed by atoms with E-state index in [2.05, 4.69) is 33.9 Å². The Labute approximate surface area is 190 Å². The molecule has 32 heavy (non-hydrogen) atoms. The van der Waals surface area contributed by atoms with Gasteiger partial charge in [0.15, 0.2) is 5.75 Å². The van der Waals surface area contributed by atoms with Gasteiger partial charge < -0.3 is 9.30 Å². The number of nitrogens with zero attached hydrogens (tertiary/aromatic N) is 3. The van der Waals surface area contributed by atoms with Crippen LogP contribution in [0.25, 0.3) is 0 Å². The molecule has 1 aromatic carbocycles. The van der Waals surface area contributed by atoms with Crippen molar-refractivity contribution >= 4 is 10.2 Å². The molecule has 0 aliphatic carbocycles. The number of pyridine rings is 1. The molecular weight excluding hydrogens is 428 g/mol. The topological polar surface area (TPSA) is 83.9 Å². The van der Waals surface area contributed by atoms with E-state index >= 15 is 0 Å². The molecule has 2 aliphatic heterocycles. The van der Waals surface area contributed by atoms with E-state index in [0.29, 0.717) is 19.6 Å². The summed E-state index contributed by atoms with van der Waals surface area (Å²) in [6, 6.07) is 11.8. The molecule has 1 saturated heterocycles. The lowest BCUT2D eigenvalue weighted by Crippen LogP contribution is -2.50. The Morgan fingerprint density at radius 1 is 1.09 bits per heavy atom. The van der Waals surface area contributed by atoms with Crippen molar-refractivity contribution in [2.45, 2.75) is 58.4 Å². The first-order valence-corrected chi connectivity index (χ1v) is 12.7. The zero-order valence-corrected chi connectivity index (χ0v) is 19.6. The average molecular weight is 461 g/mol. The number of nitrogens with one attached hydrogen (secondary N) is 1. The molecule has 0 bridgehead atoms. The van der Waals surface area contributed by atoms with Crippen LogP contribution in [0.5, 0.6) is 5.75 Å². The minimum atomic E-state index is -3.53. The smallest absolute Gasteiger partial charge is 0.293 e. The molecule has 0 spiro atoms. The van der Waals surface area contributed by atoms with E-state index in [0.717, 1.165) is 38.0 Å². The Hall–Kier alpha value is -2.20. The highest BCUT2D eigenvalue weighted by atomic mass is 32.2. The molecule has 0 radical (unpaired) electrons. The summed E-state index contributed by atoms with van der Waals surface area (Å²) in [6.07, 6.45) is 2.49. The Balaban J connectivity index is 1.46. The van der Waals surface area contributed by atoms with Crippen molar-refractivity contribution in [3.8, 4) is 5.75 Å². The van der Waals surface area contributed by atoms with Crippen LogP contribution in [0.4, 0.5) is 0 Å². The highest BCUT2D eigenvalue weighted by molar-refractivity contribution is 7.87. The molecule has 1 atom stereocenters. The molecule has 2 aliphatic rings. The molecule has 1 aromatic heterocycles. The van der Waals surface area contributed by atoms with Crippen LogP contribution < -0.4 is 15.0 Å². The van der Waals surface area contributed by atoms with Crippen molar-refractivity contribution in [2.75, 3.05) is 20.2 Å². The summed E-state index contributed by atoms with van der Waals surface area (Å²) in [5.74, 6) is 0.271. The maximum atomic E-state index is 13.1. The number of rotatable bonds is 8. The minimum Gasteiger partial charge on any atom is -0.486 e. The lowest BCUT2D eigenvalue weighted by atomic mass is 10.1. The molecule has 4 rings (SSSR count). The van der Waals surface area contributed by atoms with Gasteiger partial charge in [0.25, 0.3) is 15.8 Å². The van der Waals surface area contributed by atoms with Crippen molar-refractivity contribution in [3.63, 3.8) is 0 Å². The number of aromatic nitrogens is 1. The summed E-state index contributed by atoms with van der Waals surface area (Å²) in [5.41, 5.74) is 3.47. The lowest BCUT2D eigenvalue weighted by Gasteiger charge is -2.33. The number of fused-ring (bicyclic) bond motifs is 1. The molecule has 9 heteroatoms. The lowest BCUT2D eigenvalue weighted by molar-refractivity contribution is 0.166. The maximum Gasteiger partial charge on any atom is 0.293 e. The fraction of sp³-hybridized carbons (Fsp3) is 0.522. The van der Waals surface area contributed by atoms with Crippen molar-refractivity contribution < 1.29 is 13.2 Å². The molecule has 1 fully saturated rings. The zero-order valence-electron chi connectivity index (χ0n) is 18.8. The fourth-order valence-electron chi connectivity index (χ4n) is 4.70. The fourth-order valence-corrected chi connectivity index (χ4v) is 5.86. The maximum absolute atomic E-state index is 13.1. The monoisotopic (exact) mass is 460 g/mol. The normalized spacial score (nSPS) is 19.8. The Morgan fingerprint density at radius 3 is 2.47 bits per heavy atom. The van der Waals surface area contributed by atoms with Crippen LogP contribution >= 0.6 is 0 Å². The second-order valence-electron chi connectivity index (χ2n) is 8.43. The van der Waals surface area contributed by atoms with E-state index in [-0.39, 0.29) is 24.0 Å². The first-order valence-electron chi connectivity index (χ1n) is 11.3. The van der Waals surface area contributed by atoms with E-state index in [9.17, 15) is 13.2 Å². The minimum absolute atomic E-state index is 0.166. The van der Waals surface area contributed by atoms with Crippen molar-refractivity contribution in [1.29, 1.82) is 0 Å². The second kappa shape index (κ2) is 9.74. The van der Waals surface area contributed by atoms with Gasteiger partial charge >= 0.3 is 0 Å². The molecule has 8 nitrogen and oxygen atoms in total. The molecule has 1 unspecified atom stereocenters. The van der Waals surface area contributed by atoms with Crippen molar-refractivity contribution in [2.24, 2.45) is 0 Å². The van der Waals surface area contributed by atoms with E-state index in [4.69, 9.17) is 4.74 Å². The van der Waals surface area contributed by atoms with E-state index in [1.165, 1.54) is 22.5 Å². The summed E-state index contributed by atoms with van der Waals surface area (Å²) in [4.78, 5) is 15.4. The summed E-state index contributed by atoms with van der Waals surface area (Å²) in [7, 11) is -2.11. The van der Waals surface area contributed by atoms with Crippen LogP contribution in [0, 0.1) is 0 Å². The first kappa shape index (κ1) is 23.0. The predicted molar refractivity (Wildman–Crippen MR) is 124 cm³/mol. The van der Waals surface area contributed by atoms with Gasteiger partial charge in [0.2, 0.25) is 0 Å². The van der Waals surface area contributed by atoms with Gasteiger partial charge in [-0.05, 0) is 43.0 Å². The third-order valence-electron chi connectivity index (χ3n) is 6.41. The van der Waals surface area contributed by atoms with Gasteiger partial charge in [-0.25, -0.2) is 4.72 Å². The summed E-state index contributed by atoms with van der Waals surface area (Å²) < 4.78 is 36.1. The number of benzene rings is 1. The third-order valence-corrected chi connectivity index (χ3v) is 8.02. The SMILES string of the molecule is CCn1c(CN2Cc3ccccc3C2)ccc(OCC2CCCCN2S(=O)(=O)NC)c1=O. The number of hydrogen-bond donors (Lipinski definition) is 1. The molecule has 2 aromatic rings. The zero-order chi connectivity index (χ0) is 22.7. The van der Waals surface area contributed by atoms with Crippen molar-refractivity contribution in [1.82, 2.24) is 18.5 Å². The van der Waals surface area contributed by atoms with Crippen LogP contribution in [-0.4, -0.2) is 48.4 Å². The quantitative estimate of drug-likeness (QED) is 0.652. The van der Waals surface area contributed by atoms with Gasteiger partial charge in [-0.2, -0.15) is 12.7 Å². The van der Waals surface area contributed by atoms with E-state index in [1.54, 1.807) is 10.6 Å². The van der Waals surface area contributed by atoms with Crippen LogP contribution in [0.3, 0.4) is 0 Å². The number of piperidine rings is 1. The average Bonchev–Trinajstić information content (AvgIpc) is 3.21. The van der Waals surface area contributed by atoms with Crippen LogP contribution in [0.15, 0.2) is 41.2 Å². The van der Waals surface area contributed by atoms with Crippen molar-refractivity contribution in [3.05, 3.63) is 63.6 Å². The summed E-state index contributed by atoms with van der Waals surface area (Å²) >= 11 is 0. The van der Waals surface area contributed by atoms with E-state index < -0.39 is 10.2 Å². The standard InChI is InChI=1S/C23H32N4O4S/c1-3-26-20(16-25-14-18-8-4-5-9-19(18)15-25)11-12-22(23(26)28)31-17-21-10-6-7-13-27(21)32(29,30)24-2/h4-5,8-9,11-12,21,24H,3,6-7,10,13-17H2,1-2H3. The van der Waals surface area contributed by atoms with Gasteiger partial charge in [0, 0.05) is 45.5 Å². The van der Waals surface area contributed by atoms with Crippen LogP contribution in [-0.2, 0) is 36.4 Å². The number of hydrogen-bond acceptors (Lipinski definition) is 5. The molecule has 1 N–H and O–H groups in total. The molecule has 0 amide bonds. The Morgan fingerprint density at radius 2 is 1.81 bits per heavy atom. The highest BCUT2D eigenvalue weighted by Gasteiger charge is 2.32. The first-order chi connectivity index (χ1) is 15.4. The van der Waals surface area contributed by atoms with Gasteiger partial charge in [-0.1, -0.05) is 30.7 Å². The second-order valence-corrected chi connectivity index (χ2v) is 10.3. The largest absolute Gasteiger partial charge is 0.486 e. The Bertz CT molecular complexity index is 1090. The van der Waals surface area contributed by atoms with Gasteiger partial charge in [-0.15, -0.1) is 0 Å². The molecule has 174 valence electrons. The molecule has 0 saturated carbocycles. The van der Waals surface area contributed by atoms with Gasteiger partial charge in [0.1, 0.15) is 6.61 Å². The highest BCUT2D eigenvalue weighted by Crippen LogP contribution is 2.24. The van der Waals surface area contributed by atoms with Crippen LogP contribution in [0.2, 0.25) is 0 Å². The van der Waals surface area contributed by atoms with Gasteiger partial charge in [-0.3, -0.25) is 9.69 Å². The summed E-state index contributed by atoms with van der Waals surface area (Å²) in [6.45, 7) is 5.59. The van der Waals surface area contributed by atoms with Crippen LogP contribution in [0.1, 0.15) is 43.0 Å². The summed E-state index contributed by atoms with van der Waals surface area (Å²) in [5, 5.41) is 0. The third kappa shape index (κ3) is 4.76. The van der Waals surface area contributed by atoms with Gasteiger partial charge in [0.05, 0.1) is 6.04 Å². The molecular formula is C23H32N4O4S. The Kier molecular flexibility index (Phi) is 6.99. The predicted octanol–water partition coefficient (Wildman–Crippen LogP) is 2.08.